The van der Waals surface area contributed by atoms with Crippen molar-refractivity contribution in [1.82, 2.24) is 29.6 Å². The Balaban J connectivity index is 1.57. The van der Waals surface area contributed by atoms with E-state index >= 15 is 0 Å². The molecule has 0 radical (unpaired) electrons. The number of nitrogens with zero attached hydrogens (tertiary/aromatic N) is 6. The van der Waals surface area contributed by atoms with Gasteiger partial charge in [0.2, 0.25) is 5.91 Å². The molecule has 4 heterocycles. The molecule has 8 heteroatoms. The first-order chi connectivity index (χ1) is 13.2. The van der Waals surface area contributed by atoms with Gasteiger partial charge in [-0.15, -0.1) is 10.2 Å². The normalized spacial score (nSPS) is 15.6. The van der Waals surface area contributed by atoms with Crippen molar-refractivity contribution in [2.45, 2.75) is 46.0 Å². The van der Waals surface area contributed by atoms with E-state index in [9.17, 15) is 4.79 Å². The summed E-state index contributed by atoms with van der Waals surface area (Å²) in [6, 6.07) is 3.76. The van der Waals surface area contributed by atoms with E-state index in [-0.39, 0.29) is 12.3 Å². The van der Waals surface area contributed by atoms with E-state index in [4.69, 9.17) is 4.52 Å². The van der Waals surface area contributed by atoms with Gasteiger partial charge in [-0.3, -0.25) is 9.20 Å². The number of carbonyl (C=O) groups is 1. The molecule has 3 aromatic heterocycles. The van der Waals surface area contributed by atoms with Crippen molar-refractivity contribution in [1.29, 1.82) is 0 Å². The van der Waals surface area contributed by atoms with Crippen molar-refractivity contribution in [3.8, 4) is 11.5 Å². The number of likely N-dealkylation sites (tertiary alicyclic amines) is 1. The summed E-state index contributed by atoms with van der Waals surface area (Å²) in [6.07, 6.45) is 5.96. The van der Waals surface area contributed by atoms with Gasteiger partial charge in [0, 0.05) is 25.7 Å². The summed E-state index contributed by atoms with van der Waals surface area (Å²) in [6.45, 7) is 5.95. The Kier molecular flexibility index (Phi) is 4.87. The zero-order valence-electron chi connectivity index (χ0n) is 15.8. The highest BCUT2D eigenvalue weighted by molar-refractivity contribution is 5.79. The molecule has 0 aliphatic carbocycles. The Morgan fingerprint density at radius 3 is 2.89 bits per heavy atom. The van der Waals surface area contributed by atoms with Crippen molar-refractivity contribution in [2.24, 2.45) is 5.92 Å². The largest absolute Gasteiger partial charge is 0.342 e. The van der Waals surface area contributed by atoms with Gasteiger partial charge in [-0.2, -0.15) is 4.98 Å². The van der Waals surface area contributed by atoms with Crippen molar-refractivity contribution >= 4 is 11.6 Å². The lowest BCUT2D eigenvalue weighted by atomic mass is 9.99. The first-order valence-electron chi connectivity index (χ1n) is 9.59. The summed E-state index contributed by atoms with van der Waals surface area (Å²) in [5.41, 5.74) is 1.35. The minimum atomic E-state index is 0.102. The molecule has 0 spiro atoms. The molecule has 1 saturated heterocycles. The van der Waals surface area contributed by atoms with Crippen molar-refractivity contribution in [3.05, 3.63) is 30.0 Å². The number of aromatic nitrogens is 5. The van der Waals surface area contributed by atoms with Crippen LogP contribution in [0.5, 0.6) is 0 Å². The average molecular weight is 368 g/mol. The van der Waals surface area contributed by atoms with Crippen LogP contribution in [0.1, 0.15) is 44.8 Å². The number of hydrogen-bond acceptors (Lipinski definition) is 6. The minimum Gasteiger partial charge on any atom is -0.342 e. The molecule has 1 fully saturated rings. The van der Waals surface area contributed by atoms with Gasteiger partial charge in [0.1, 0.15) is 5.82 Å². The Morgan fingerprint density at radius 2 is 2.11 bits per heavy atom. The number of pyridine rings is 1. The molecular weight excluding hydrogens is 344 g/mol. The molecule has 0 N–H and O–H groups in total. The van der Waals surface area contributed by atoms with Crippen LogP contribution in [0.3, 0.4) is 0 Å². The third kappa shape index (κ3) is 3.56. The lowest BCUT2D eigenvalue weighted by Gasteiger charge is -2.30. The number of piperidine rings is 1. The van der Waals surface area contributed by atoms with Crippen LogP contribution >= 0.6 is 0 Å². The maximum Gasteiger partial charge on any atom is 0.261 e. The summed E-state index contributed by atoms with van der Waals surface area (Å²) >= 11 is 0. The number of fused-ring (bicyclic) bond motifs is 1. The molecule has 1 aliphatic heterocycles. The fourth-order valence-electron chi connectivity index (χ4n) is 3.44. The van der Waals surface area contributed by atoms with Gasteiger partial charge in [-0.25, -0.2) is 0 Å². The summed E-state index contributed by atoms with van der Waals surface area (Å²) in [5.74, 6) is 2.54. The van der Waals surface area contributed by atoms with Crippen LogP contribution in [0.4, 0.5) is 0 Å². The molecule has 0 atom stereocenters. The van der Waals surface area contributed by atoms with Crippen LogP contribution in [-0.2, 0) is 17.6 Å². The van der Waals surface area contributed by atoms with Gasteiger partial charge in [-0.05, 0) is 37.3 Å². The fourth-order valence-corrected chi connectivity index (χ4v) is 3.44. The van der Waals surface area contributed by atoms with Gasteiger partial charge in [0.15, 0.2) is 11.5 Å². The van der Waals surface area contributed by atoms with E-state index in [1.165, 1.54) is 0 Å². The maximum absolute atomic E-state index is 12.6. The van der Waals surface area contributed by atoms with Crippen LogP contribution in [-0.4, -0.2) is 48.6 Å². The Morgan fingerprint density at radius 1 is 1.30 bits per heavy atom. The topological polar surface area (TPSA) is 89.4 Å². The minimum absolute atomic E-state index is 0.102. The van der Waals surface area contributed by atoms with Crippen LogP contribution in [0.15, 0.2) is 22.9 Å². The van der Waals surface area contributed by atoms with Gasteiger partial charge in [0.25, 0.3) is 5.89 Å². The van der Waals surface area contributed by atoms with E-state index in [2.05, 4.69) is 34.2 Å². The fraction of sp³-hybridized carbons (Fsp3) is 0.526. The molecule has 0 bridgehead atoms. The monoisotopic (exact) mass is 368 g/mol. The van der Waals surface area contributed by atoms with Gasteiger partial charge in [-0.1, -0.05) is 19.0 Å². The molecule has 4 rings (SSSR count). The lowest BCUT2D eigenvalue weighted by molar-refractivity contribution is -0.131. The second-order valence-corrected chi connectivity index (χ2v) is 7.24. The first kappa shape index (κ1) is 17.6. The SMILES string of the molecule is CCCc1noc(-c2cccn3c(CC(=O)N4CCC(C)CC4)nnc23)n1. The summed E-state index contributed by atoms with van der Waals surface area (Å²) < 4.78 is 7.23. The maximum atomic E-state index is 12.6. The summed E-state index contributed by atoms with van der Waals surface area (Å²) in [7, 11) is 0. The van der Waals surface area contributed by atoms with E-state index in [0.29, 0.717) is 29.1 Å². The highest BCUT2D eigenvalue weighted by atomic mass is 16.5. The molecular formula is C19H24N6O2. The van der Waals surface area contributed by atoms with E-state index < -0.39 is 0 Å². The van der Waals surface area contributed by atoms with Gasteiger partial charge >= 0.3 is 0 Å². The van der Waals surface area contributed by atoms with Crippen LogP contribution in [0.2, 0.25) is 0 Å². The molecule has 0 saturated carbocycles. The zero-order valence-corrected chi connectivity index (χ0v) is 15.8. The third-order valence-corrected chi connectivity index (χ3v) is 5.12. The smallest absolute Gasteiger partial charge is 0.261 e. The van der Waals surface area contributed by atoms with Crippen molar-refractivity contribution < 1.29 is 9.32 Å². The number of hydrogen-bond donors (Lipinski definition) is 0. The van der Waals surface area contributed by atoms with E-state index in [0.717, 1.165) is 44.3 Å². The van der Waals surface area contributed by atoms with Gasteiger partial charge in [0.05, 0.1) is 12.0 Å². The molecule has 0 unspecified atom stereocenters. The van der Waals surface area contributed by atoms with Gasteiger partial charge < -0.3 is 9.42 Å². The quantitative estimate of drug-likeness (QED) is 0.687. The van der Waals surface area contributed by atoms with Crippen LogP contribution in [0, 0.1) is 5.92 Å². The highest BCUT2D eigenvalue weighted by Crippen LogP contribution is 2.23. The first-order valence-corrected chi connectivity index (χ1v) is 9.59. The summed E-state index contributed by atoms with van der Waals surface area (Å²) in [4.78, 5) is 19.0. The number of carbonyl (C=O) groups excluding carboxylic acids is 1. The molecule has 8 nitrogen and oxygen atoms in total. The Bertz CT molecular complexity index is 939. The predicted molar refractivity (Wildman–Crippen MR) is 99.0 cm³/mol. The average Bonchev–Trinajstić information content (AvgIpc) is 3.30. The number of amides is 1. The van der Waals surface area contributed by atoms with E-state index in [1.807, 2.05) is 27.6 Å². The van der Waals surface area contributed by atoms with Crippen LogP contribution < -0.4 is 0 Å². The second-order valence-electron chi connectivity index (χ2n) is 7.24. The Hall–Kier alpha value is -2.77. The highest BCUT2D eigenvalue weighted by Gasteiger charge is 2.23. The lowest BCUT2D eigenvalue weighted by Crippen LogP contribution is -2.39. The second kappa shape index (κ2) is 7.46. The zero-order chi connectivity index (χ0) is 18.8. The van der Waals surface area contributed by atoms with Crippen molar-refractivity contribution in [2.75, 3.05) is 13.1 Å². The molecule has 142 valence electrons. The standard InChI is InChI=1S/C19H24N6O2/c1-3-5-15-20-19(27-23-15)14-6-4-9-25-16(21-22-18(14)25)12-17(26)24-10-7-13(2)8-11-24/h4,6,9,13H,3,5,7-8,10-12H2,1-2H3. The number of aryl methyl sites for hydroxylation is 1. The molecule has 1 amide bonds. The molecule has 1 aliphatic rings. The molecule has 0 aromatic carbocycles. The van der Waals surface area contributed by atoms with Crippen molar-refractivity contribution in [3.63, 3.8) is 0 Å². The van der Waals surface area contributed by atoms with E-state index in [1.54, 1.807) is 0 Å². The summed E-state index contributed by atoms with van der Waals surface area (Å²) in [5, 5.41) is 12.5. The molecule has 3 aromatic rings. The Labute approximate surface area is 157 Å². The van der Waals surface area contributed by atoms with Crippen LogP contribution in [0.25, 0.3) is 17.1 Å². The number of rotatable bonds is 5. The predicted octanol–water partition coefficient (Wildman–Crippen LogP) is 2.53. The third-order valence-electron chi connectivity index (χ3n) is 5.12. The molecule has 27 heavy (non-hydrogen) atoms.